The summed E-state index contributed by atoms with van der Waals surface area (Å²) in [5.41, 5.74) is 2.57. The molecule has 1 saturated heterocycles. The van der Waals surface area contributed by atoms with E-state index < -0.39 is 0 Å². The number of hydrogen-bond donors (Lipinski definition) is 0. The maximum absolute atomic E-state index is 4.31. The van der Waals surface area contributed by atoms with Crippen LogP contribution in [-0.2, 0) is 0 Å². The van der Waals surface area contributed by atoms with Gasteiger partial charge in [0, 0.05) is 25.5 Å². The molecule has 2 aromatic rings. The Hall–Kier alpha value is -1.77. The number of hydrogen-bond acceptors (Lipinski definition) is 2. The zero-order valence-electron chi connectivity index (χ0n) is 10.1. The van der Waals surface area contributed by atoms with Gasteiger partial charge in [-0.15, -0.1) is 0 Å². The first-order valence-electron chi connectivity index (χ1n) is 6.20. The Labute approximate surface area is 102 Å². The number of anilines is 1. The van der Waals surface area contributed by atoms with Crippen LogP contribution < -0.4 is 4.90 Å². The highest BCUT2D eigenvalue weighted by molar-refractivity contribution is 5.63. The molecule has 0 unspecified atom stereocenters. The molecule has 0 aliphatic carbocycles. The van der Waals surface area contributed by atoms with Crippen molar-refractivity contribution in [3.05, 3.63) is 42.5 Å². The third-order valence-corrected chi connectivity index (χ3v) is 3.41. The van der Waals surface area contributed by atoms with Gasteiger partial charge in [0.1, 0.15) is 5.82 Å². The first-order chi connectivity index (χ1) is 8.36. The summed E-state index contributed by atoms with van der Waals surface area (Å²) in [4.78, 5) is 6.77. The molecular weight excluding hydrogens is 210 g/mol. The average Bonchev–Trinajstić information content (AvgIpc) is 3.00. The van der Waals surface area contributed by atoms with Gasteiger partial charge < -0.3 is 9.47 Å². The average molecular weight is 227 g/mol. The molecule has 1 aromatic heterocycles. The molecule has 3 heteroatoms. The third kappa shape index (κ3) is 1.82. The molecule has 17 heavy (non-hydrogen) atoms. The lowest BCUT2D eigenvalue weighted by molar-refractivity contribution is 0.923. The molecule has 0 saturated carbocycles. The first-order valence-corrected chi connectivity index (χ1v) is 6.20. The van der Waals surface area contributed by atoms with Gasteiger partial charge in [0.05, 0.1) is 11.4 Å². The summed E-state index contributed by atoms with van der Waals surface area (Å²) in [6.07, 6.45) is 6.49. The van der Waals surface area contributed by atoms with Crippen molar-refractivity contribution < 1.29 is 0 Å². The van der Waals surface area contributed by atoms with E-state index in [-0.39, 0.29) is 0 Å². The highest BCUT2D eigenvalue weighted by Gasteiger charge is 2.16. The predicted molar refractivity (Wildman–Crippen MR) is 69.7 cm³/mol. The first kappa shape index (κ1) is 10.4. The van der Waals surface area contributed by atoms with Gasteiger partial charge in [-0.2, -0.15) is 0 Å². The van der Waals surface area contributed by atoms with Crippen molar-refractivity contribution in [2.75, 3.05) is 18.0 Å². The Balaban J connectivity index is 2.07. The van der Waals surface area contributed by atoms with E-state index in [1.165, 1.54) is 37.3 Å². The van der Waals surface area contributed by atoms with Gasteiger partial charge in [0.2, 0.25) is 0 Å². The number of para-hydroxylation sites is 2. The Morgan fingerprint density at radius 1 is 1.06 bits per heavy atom. The molecule has 3 rings (SSSR count). The monoisotopic (exact) mass is 227 g/mol. The Kier molecular flexibility index (Phi) is 2.59. The summed E-state index contributed by atoms with van der Waals surface area (Å²) in [7, 11) is 0. The fraction of sp³-hybridized carbons (Fsp3) is 0.357. The van der Waals surface area contributed by atoms with Crippen molar-refractivity contribution in [1.82, 2.24) is 9.55 Å². The number of nitrogens with zero attached hydrogens (tertiary/aromatic N) is 3. The summed E-state index contributed by atoms with van der Waals surface area (Å²) < 4.78 is 2.16. The second-order valence-corrected chi connectivity index (χ2v) is 4.53. The standard InChI is InChI=1S/C14H17N3/c1-12-15-8-11-17(12)14-7-3-2-6-13(14)16-9-4-5-10-16/h2-3,6-8,11H,4-5,9-10H2,1H3. The lowest BCUT2D eigenvalue weighted by atomic mass is 10.2. The topological polar surface area (TPSA) is 21.1 Å². The van der Waals surface area contributed by atoms with Crippen LogP contribution in [0.3, 0.4) is 0 Å². The molecule has 0 radical (unpaired) electrons. The maximum Gasteiger partial charge on any atom is 0.110 e. The molecule has 0 spiro atoms. The summed E-state index contributed by atoms with van der Waals surface area (Å²) in [6.45, 7) is 4.39. The molecule has 1 aliphatic heterocycles. The Bertz CT molecular complexity index is 510. The zero-order chi connectivity index (χ0) is 11.7. The second-order valence-electron chi connectivity index (χ2n) is 4.53. The van der Waals surface area contributed by atoms with Crippen LogP contribution in [0.15, 0.2) is 36.7 Å². The van der Waals surface area contributed by atoms with Crippen LogP contribution in [0.5, 0.6) is 0 Å². The van der Waals surface area contributed by atoms with E-state index in [0.717, 1.165) is 5.82 Å². The molecule has 1 aromatic carbocycles. The number of aromatic nitrogens is 2. The number of rotatable bonds is 2. The van der Waals surface area contributed by atoms with Crippen LogP contribution in [-0.4, -0.2) is 22.6 Å². The van der Waals surface area contributed by atoms with Crippen LogP contribution >= 0.6 is 0 Å². The third-order valence-electron chi connectivity index (χ3n) is 3.41. The summed E-state index contributed by atoms with van der Waals surface area (Å²) >= 11 is 0. The van der Waals surface area contributed by atoms with E-state index >= 15 is 0 Å². The van der Waals surface area contributed by atoms with Crippen molar-refractivity contribution in [2.24, 2.45) is 0 Å². The van der Waals surface area contributed by atoms with Gasteiger partial charge >= 0.3 is 0 Å². The van der Waals surface area contributed by atoms with Crippen LogP contribution in [0.25, 0.3) is 5.69 Å². The van der Waals surface area contributed by atoms with Crippen molar-refractivity contribution in [3.8, 4) is 5.69 Å². The van der Waals surface area contributed by atoms with Crippen LogP contribution in [0.4, 0.5) is 5.69 Å². The van der Waals surface area contributed by atoms with Gasteiger partial charge in [-0.05, 0) is 31.9 Å². The molecule has 0 bridgehead atoms. The van der Waals surface area contributed by atoms with Crippen molar-refractivity contribution in [2.45, 2.75) is 19.8 Å². The molecule has 0 N–H and O–H groups in total. The van der Waals surface area contributed by atoms with E-state index in [9.17, 15) is 0 Å². The van der Waals surface area contributed by atoms with Crippen molar-refractivity contribution in [1.29, 1.82) is 0 Å². The molecule has 1 fully saturated rings. The number of aryl methyl sites for hydroxylation is 1. The summed E-state index contributed by atoms with van der Waals surface area (Å²) in [5.74, 6) is 1.04. The van der Waals surface area contributed by atoms with Crippen molar-refractivity contribution >= 4 is 5.69 Å². The Morgan fingerprint density at radius 2 is 1.76 bits per heavy atom. The lowest BCUT2D eigenvalue weighted by Gasteiger charge is -2.22. The summed E-state index contributed by atoms with van der Waals surface area (Å²) in [5, 5.41) is 0. The maximum atomic E-state index is 4.31. The van der Waals surface area contributed by atoms with Crippen molar-refractivity contribution in [3.63, 3.8) is 0 Å². The quantitative estimate of drug-likeness (QED) is 0.786. The molecule has 3 nitrogen and oxygen atoms in total. The minimum atomic E-state index is 1.04. The van der Waals surface area contributed by atoms with E-state index in [4.69, 9.17) is 0 Å². The van der Waals surface area contributed by atoms with Gasteiger partial charge in [-0.1, -0.05) is 12.1 Å². The smallest absolute Gasteiger partial charge is 0.110 e. The van der Waals surface area contributed by atoms with Gasteiger partial charge in [-0.3, -0.25) is 0 Å². The second kappa shape index (κ2) is 4.24. The minimum absolute atomic E-state index is 1.04. The normalized spacial score (nSPS) is 15.5. The molecule has 0 atom stereocenters. The highest BCUT2D eigenvalue weighted by atomic mass is 15.2. The number of benzene rings is 1. The van der Waals surface area contributed by atoms with Crippen LogP contribution in [0.1, 0.15) is 18.7 Å². The largest absolute Gasteiger partial charge is 0.370 e. The zero-order valence-corrected chi connectivity index (χ0v) is 10.1. The lowest BCUT2D eigenvalue weighted by Crippen LogP contribution is -2.19. The van der Waals surface area contributed by atoms with Gasteiger partial charge in [0.25, 0.3) is 0 Å². The minimum Gasteiger partial charge on any atom is -0.370 e. The fourth-order valence-corrected chi connectivity index (χ4v) is 2.53. The van der Waals surface area contributed by atoms with E-state index in [1.807, 2.05) is 19.3 Å². The SMILES string of the molecule is Cc1nccn1-c1ccccc1N1CCCC1. The molecule has 1 aliphatic rings. The van der Waals surface area contributed by atoms with Crippen LogP contribution in [0, 0.1) is 6.92 Å². The fourth-order valence-electron chi connectivity index (χ4n) is 2.53. The van der Waals surface area contributed by atoms with Gasteiger partial charge in [0.15, 0.2) is 0 Å². The Morgan fingerprint density at radius 3 is 2.41 bits per heavy atom. The highest BCUT2D eigenvalue weighted by Crippen LogP contribution is 2.27. The molecule has 0 amide bonds. The van der Waals surface area contributed by atoms with E-state index in [0.29, 0.717) is 0 Å². The molecular formula is C14H17N3. The summed E-state index contributed by atoms with van der Waals surface area (Å²) in [6, 6.07) is 8.58. The van der Waals surface area contributed by atoms with E-state index in [2.05, 4.69) is 38.7 Å². The molecule has 88 valence electrons. The van der Waals surface area contributed by atoms with Crippen LogP contribution in [0.2, 0.25) is 0 Å². The predicted octanol–water partition coefficient (Wildman–Crippen LogP) is 2.78. The number of imidazole rings is 1. The van der Waals surface area contributed by atoms with E-state index in [1.54, 1.807) is 0 Å². The molecule has 2 heterocycles. The van der Waals surface area contributed by atoms with Gasteiger partial charge in [-0.25, -0.2) is 4.98 Å².